The van der Waals surface area contributed by atoms with E-state index in [-0.39, 0.29) is 6.04 Å². The molecule has 3 heterocycles. The highest BCUT2D eigenvalue weighted by Gasteiger charge is 2.31. The first-order valence-electron chi connectivity index (χ1n) is 7.49. The minimum Gasteiger partial charge on any atom is -0.375 e. The zero-order chi connectivity index (χ0) is 15.4. The molecule has 1 atom stereocenters. The van der Waals surface area contributed by atoms with Crippen LogP contribution in [-0.2, 0) is 24.8 Å². The molecule has 22 heavy (non-hydrogen) atoms. The van der Waals surface area contributed by atoms with Gasteiger partial charge in [0.05, 0.1) is 24.9 Å². The first-order valence-corrected chi connectivity index (χ1v) is 7.49. The van der Waals surface area contributed by atoms with Gasteiger partial charge in [0.1, 0.15) is 5.69 Å². The Morgan fingerprint density at radius 2 is 2.23 bits per heavy atom. The molecule has 0 fully saturated rings. The summed E-state index contributed by atoms with van der Waals surface area (Å²) in [4.78, 5) is 6.48. The van der Waals surface area contributed by atoms with E-state index in [2.05, 4.69) is 26.8 Å². The van der Waals surface area contributed by atoms with E-state index in [4.69, 9.17) is 4.74 Å². The van der Waals surface area contributed by atoms with Crippen molar-refractivity contribution >= 4 is 0 Å². The van der Waals surface area contributed by atoms with Gasteiger partial charge in [0, 0.05) is 39.0 Å². The molecule has 2 aromatic rings. The molecule has 6 nitrogen and oxygen atoms in total. The molecule has 0 aromatic carbocycles. The summed E-state index contributed by atoms with van der Waals surface area (Å²) in [6, 6.07) is 4.23. The Labute approximate surface area is 130 Å². The van der Waals surface area contributed by atoms with Crippen LogP contribution < -0.4 is 0 Å². The van der Waals surface area contributed by atoms with Crippen molar-refractivity contribution < 1.29 is 4.74 Å². The summed E-state index contributed by atoms with van der Waals surface area (Å²) in [5.74, 6) is 0. The third-order valence-electron chi connectivity index (χ3n) is 4.01. The lowest BCUT2D eigenvalue weighted by Gasteiger charge is -2.34. The van der Waals surface area contributed by atoms with Crippen LogP contribution in [0.4, 0.5) is 0 Å². The van der Waals surface area contributed by atoms with E-state index in [1.165, 1.54) is 11.3 Å². The highest BCUT2D eigenvalue weighted by Crippen LogP contribution is 2.29. The predicted octanol–water partition coefficient (Wildman–Crippen LogP) is 1.51. The van der Waals surface area contributed by atoms with Crippen molar-refractivity contribution in [2.24, 2.45) is 7.05 Å². The van der Waals surface area contributed by atoms with Crippen LogP contribution >= 0.6 is 0 Å². The topological polar surface area (TPSA) is 56.1 Å². The Morgan fingerprint density at radius 3 is 3.00 bits per heavy atom. The number of pyridine rings is 1. The summed E-state index contributed by atoms with van der Waals surface area (Å²) < 4.78 is 7.58. The zero-order valence-corrected chi connectivity index (χ0v) is 12.9. The maximum atomic E-state index is 5.71. The summed E-state index contributed by atoms with van der Waals surface area (Å²) in [5.41, 5.74) is 3.49. The van der Waals surface area contributed by atoms with Gasteiger partial charge < -0.3 is 4.74 Å². The highest BCUT2D eigenvalue weighted by molar-refractivity contribution is 5.20. The maximum absolute atomic E-state index is 5.71. The number of fused-ring (bicyclic) bond motifs is 1. The van der Waals surface area contributed by atoms with Crippen molar-refractivity contribution in [1.82, 2.24) is 24.9 Å². The molecule has 1 aliphatic rings. The monoisotopic (exact) mass is 299 g/mol. The number of hydrogen-bond donors (Lipinski definition) is 0. The predicted molar refractivity (Wildman–Crippen MR) is 83.1 cm³/mol. The van der Waals surface area contributed by atoms with Crippen LogP contribution in [0.2, 0.25) is 0 Å². The second-order valence-electron chi connectivity index (χ2n) is 5.46. The Hall–Kier alpha value is -2.05. The Morgan fingerprint density at radius 1 is 1.41 bits per heavy atom. The van der Waals surface area contributed by atoms with Gasteiger partial charge in [-0.1, -0.05) is 11.3 Å². The van der Waals surface area contributed by atoms with Crippen molar-refractivity contribution in [2.45, 2.75) is 19.0 Å². The lowest BCUT2D eigenvalue weighted by molar-refractivity contribution is 0.0599. The molecule has 0 N–H and O–H groups in total. The maximum Gasteiger partial charge on any atom is 0.105 e. The number of nitrogens with zero attached hydrogens (tertiary/aromatic N) is 5. The molecule has 0 saturated heterocycles. The second-order valence-corrected chi connectivity index (χ2v) is 5.46. The van der Waals surface area contributed by atoms with Crippen molar-refractivity contribution in [2.75, 3.05) is 19.8 Å². The van der Waals surface area contributed by atoms with Crippen molar-refractivity contribution in [3.8, 4) is 0 Å². The SMILES string of the molecule is C=CCOC[C@@H]1c2nnn(C)c2CCN1Cc1ccncc1. The summed E-state index contributed by atoms with van der Waals surface area (Å²) in [5, 5.41) is 8.53. The number of ether oxygens (including phenoxy) is 1. The fourth-order valence-corrected chi connectivity index (χ4v) is 2.88. The van der Waals surface area contributed by atoms with Crippen molar-refractivity contribution in [1.29, 1.82) is 0 Å². The highest BCUT2D eigenvalue weighted by atomic mass is 16.5. The van der Waals surface area contributed by atoms with Gasteiger partial charge in [-0.3, -0.25) is 14.6 Å². The van der Waals surface area contributed by atoms with Gasteiger partial charge >= 0.3 is 0 Å². The molecular formula is C16H21N5O. The molecule has 0 unspecified atom stereocenters. The average Bonchev–Trinajstić information content (AvgIpc) is 2.92. The Balaban J connectivity index is 1.80. The summed E-state index contributed by atoms with van der Waals surface area (Å²) in [7, 11) is 1.95. The van der Waals surface area contributed by atoms with Crippen LogP contribution in [0.15, 0.2) is 37.2 Å². The zero-order valence-electron chi connectivity index (χ0n) is 12.9. The third-order valence-corrected chi connectivity index (χ3v) is 4.01. The van der Waals surface area contributed by atoms with E-state index < -0.39 is 0 Å². The smallest absolute Gasteiger partial charge is 0.105 e. The molecule has 0 saturated carbocycles. The van der Waals surface area contributed by atoms with Gasteiger partial charge in [-0.05, 0) is 17.7 Å². The molecule has 0 aliphatic carbocycles. The van der Waals surface area contributed by atoms with E-state index in [1.807, 2.05) is 36.3 Å². The fourth-order valence-electron chi connectivity index (χ4n) is 2.88. The van der Waals surface area contributed by atoms with Crippen LogP contribution in [0.5, 0.6) is 0 Å². The van der Waals surface area contributed by atoms with E-state index in [1.54, 1.807) is 6.08 Å². The molecule has 3 rings (SSSR count). The average molecular weight is 299 g/mol. The third kappa shape index (κ3) is 3.08. The van der Waals surface area contributed by atoms with Crippen LogP contribution in [0.3, 0.4) is 0 Å². The lowest BCUT2D eigenvalue weighted by Crippen LogP contribution is -2.38. The van der Waals surface area contributed by atoms with Gasteiger partial charge in [-0.15, -0.1) is 11.7 Å². The molecule has 1 aliphatic heterocycles. The number of rotatable bonds is 6. The minimum atomic E-state index is 0.130. The standard InChI is InChI=1S/C16H21N5O/c1-3-10-22-12-15-16-14(20(2)19-18-16)6-9-21(15)11-13-4-7-17-8-5-13/h3-5,7-8,15H,1,6,9-12H2,2H3/t15-/m1/s1. The normalized spacial score (nSPS) is 18.1. The largest absolute Gasteiger partial charge is 0.375 e. The molecule has 0 amide bonds. The fraction of sp³-hybridized carbons (Fsp3) is 0.438. The molecule has 0 radical (unpaired) electrons. The Bertz CT molecular complexity index is 625. The van der Waals surface area contributed by atoms with Crippen LogP contribution in [0.1, 0.15) is 23.0 Å². The molecular weight excluding hydrogens is 278 g/mol. The van der Waals surface area contributed by atoms with Gasteiger partial charge in [0.2, 0.25) is 0 Å². The lowest BCUT2D eigenvalue weighted by atomic mass is 10.0. The summed E-state index contributed by atoms with van der Waals surface area (Å²) in [6.45, 7) is 6.68. The molecule has 116 valence electrons. The second kappa shape index (κ2) is 6.81. The molecule has 2 aromatic heterocycles. The van der Waals surface area contributed by atoms with Gasteiger partial charge in [0.25, 0.3) is 0 Å². The number of hydrogen-bond acceptors (Lipinski definition) is 5. The van der Waals surface area contributed by atoms with Gasteiger partial charge in [-0.2, -0.15) is 0 Å². The van der Waals surface area contributed by atoms with Gasteiger partial charge in [0.15, 0.2) is 0 Å². The van der Waals surface area contributed by atoms with Crippen LogP contribution in [-0.4, -0.2) is 44.6 Å². The molecule has 0 spiro atoms. The number of aromatic nitrogens is 4. The first kappa shape index (κ1) is 14.9. The van der Waals surface area contributed by atoms with E-state index in [0.717, 1.165) is 25.2 Å². The Kier molecular flexibility index (Phi) is 4.60. The minimum absolute atomic E-state index is 0.130. The van der Waals surface area contributed by atoms with Gasteiger partial charge in [-0.25, -0.2) is 0 Å². The molecule has 0 bridgehead atoms. The quantitative estimate of drug-likeness (QED) is 0.598. The van der Waals surface area contributed by atoms with Crippen LogP contribution in [0, 0.1) is 0 Å². The summed E-state index contributed by atoms with van der Waals surface area (Å²) >= 11 is 0. The van der Waals surface area contributed by atoms with Crippen molar-refractivity contribution in [3.63, 3.8) is 0 Å². The number of aryl methyl sites for hydroxylation is 1. The van der Waals surface area contributed by atoms with Crippen LogP contribution in [0.25, 0.3) is 0 Å². The summed E-state index contributed by atoms with van der Waals surface area (Å²) in [6.07, 6.45) is 6.39. The first-order chi connectivity index (χ1) is 10.8. The van der Waals surface area contributed by atoms with E-state index in [9.17, 15) is 0 Å². The van der Waals surface area contributed by atoms with Crippen molar-refractivity contribution in [3.05, 3.63) is 54.1 Å². The molecule has 6 heteroatoms. The van der Waals surface area contributed by atoms with E-state index >= 15 is 0 Å². The van der Waals surface area contributed by atoms with E-state index in [0.29, 0.717) is 13.2 Å².